The van der Waals surface area contributed by atoms with E-state index < -0.39 is 0 Å². The molecule has 2 aliphatic carbocycles. The first-order chi connectivity index (χ1) is 14.7. The molecule has 0 spiro atoms. The number of rotatable bonds is 6. The van der Waals surface area contributed by atoms with Gasteiger partial charge in [-0.1, -0.05) is 49.9 Å². The lowest BCUT2D eigenvalue weighted by Crippen LogP contribution is -2.36. The highest BCUT2D eigenvalue weighted by Crippen LogP contribution is 2.34. The number of carbonyl (C=O) groups is 1. The summed E-state index contributed by atoms with van der Waals surface area (Å²) in [5, 5.41) is 4.62. The minimum atomic E-state index is 0.0160. The third-order valence-corrected chi connectivity index (χ3v) is 8.32. The molecule has 2 aromatic rings. The Hall–Kier alpha value is -1.60. The zero-order valence-electron chi connectivity index (χ0n) is 17.6. The number of nitrogens with zero attached hydrogens (tertiary/aromatic N) is 2. The first-order valence-electron chi connectivity index (χ1n) is 11.3. The maximum Gasteiger partial charge on any atom is 0.263 e. The van der Waals surface area contributed by atoms with Gasteiger partial charge in [-0.15, -0.1) is 17.9 Å². The largest absolute Gasteiger partial charge is 0.353 e. The Bertz CT molecular complexity index is 971. The molecule has 0 atom stereocenters. The molecule has 162 valence electrons. The second kappa shape index (κ2) is 10.1. The summed E-state index contributed by atoms with van der Waals surface area (Å²) >= 11 is 3.02. The molecule has 2 aromatic heterocycles. The number of hydrogen-bond donors (Lipinski definition) is 1. The van der Waals surface area contributed by atoms with Crippen LogP contribution >= 0.6 is 23.1 Å². The molecule has 5 nitrogen and oxygen atoms in total. The standard InChI is InChI=1S/C23H31N3O2S2/c1-2-14-26-22(28)20-17-12-8-9-13-18(17)30-21(20)25-23(26)29-15-19(27)24-16-10-6-4-3-5-7-11-16/h2,16H,1,3-15H2,(H,24,27). The molecule has 30 heavy (non-hydrogen) atoms. The molecule has 0 unspecified atom stereocenters. The van der Waals surface area contributed by atoms with Crippen molar-refractivity contribution < 1.29 is 4.79 Å². The van der Waals surface area contributed by atoms with Crippen LogP contribution in [0.3, 0.4) is 0 Å². The van der Waals surface area contributed by atoms with Gasteiger partial charge in [-0.3, -0.25) is 14.2 Å². The second-order valence-corrected chi connectivity index (χ2v) is 10.4. The van der Waals surface area contributed by atoms with Crippen LogP contribution in [0.2, 0.25) is 0 Å². The SMILES string of the molecule is C=CCn1c(SCC(=O)NC2CCCCCCC2)nc2sc3c(c2c1=O)CCCC3. The maximum absolute atomic E-state index is 13.3. The van der Waals surface area contributed by atoms with Gasteiger partial charge in [0, 0.05) is 17.5 Å². The minimum Gasteiger partial charge on any atom is -0.353 e. The molecule has 0 aliphatic heterocycles. The summed E-state index contributed by atoms with van der Waals surface area (Å²) in [4.78, 5) is 32.8. The van der Waals surface area contributed by atoms with E-state index in [1.54, 1.807) is 22.0 Å². The Morgan fingerprint density at radius 3 is 2.67 bits per heavy atom. The maximum atomic E-state index is 13.3. The summed E-state index contributed by atoms with van der Waals surface area (Å²) < 4.78 is 1.69. The van der Waals surface area contributed by atoms with Crippen molar-refractivity contribution in [2.75, 3.05) is 5.75 Å². The lowest BCUT2D eigenvalue weighted by Gasteiger charge is -2.21. The lowest BCUT2D eigenvalue weighted by molar-refractivity contribution is -0.119. The number of hydrogen-bond acceptors (Lipinski definition) is 5. The zero-order chi connectivity index (χ0) is 20.9. The quantitative estimate of drug-likeness (QED) is 0.392. The van der Waals surface area contributed by atoms with Gasteiger partial charge in [0.25, 0.3) is 5.56 Å². The molecular formula is C23H31N3O2S2. The average molecular weight is 446 g/mol. The number of thioether (sulfide) groups is 1. The van der Waals surface area contributed by atoms with Gasteiger partial charge in [0.1, 0.15) is 4.83 Å². The number of allylic oxidation sites excluding steroid dienone is 1. The predicted molar refractivity (Wildman–Crippen MR) is 126 cm³/mol. The first kappa shape index (κ1) is 21.6. The minimum absolute atomic E-state index is 0.0160. The van der Waals surface area contributed by atoms with Crippen molar-refractivity contribution in [3.8, 4) is 0 Å². The first-order valence-corrected chi connectivity index (χ1v) is 13.1. The molecule has 0 aromatic carbocycles. The van der Waals surface area contributed by atoms with Crippen molar-refractivity contribution in [2.24, 2.45) is 0 Å². The van der Waals surface area contributed by atoms with Gasteiger partial charge in [-0.05, 0) is 44.1 Å². The fourth-order valence-electron chi connectivity index (χ4n) is 4.62. The van der Waals surface area contributed by atoms with Gasteiger partial charge >= 0.3 is 0 Å². The van der Waals surface area contributed by atoms with Crippen LogP contribution in [0, 0.1) is 0 Å². The summed E-state index contributed by atoms with van der Waals surface area (Å²) in [5.41, 5.74) is 1.22. The monoisotopic (exact) mass is 445 g/mol. The van der Waals surface area contributed by atoms with E-state index >= 15 is 0 Å². The third-order valence-electron chi connectivity index (χ3n) is 6.15. The van der Waals surface area contributed by atoms with Gasteiger partial charge in [-0.2, -0.15) is 0 Å². The van der Waals surface area contributed by atoms with Crippen molar-refractivity contribution >= 4 is 39.2 Å². The molecular weight excluding hydrogens is 414 g/mol. The van der Waals surface area contributed by atoms with E-state index in [1.165, 1.54) is 60.7 Å². The topological polar surface area (TPSA) is 64.0 Å². The molecule has 1 N–H and O–H groups in total. The third kappa shape index (κ3) is 4.83. The zero-order valence-corrected chi connectivity index (χ0v) is 19.2. The Morgan fingerprint density at radius 2 is 1.90 bits per heavy atom. The van der Waals surface area contributed by atoms with Crippen LogP contribution in [0.15, 0.2) is 22.6 Å². The average Bonchev–Trinajstić information content (AvgIpc) is 3.09. The van der Waals surface area contributed by atoms with E-state index in [2.05, 4.69) is 11.9 Å². The van der Waals surface area contributed by atoms with E-state index in [-0.39, 0.29) is 23.3 Å². The van der Waals surface area contributed by atoms with Gasteiger partial charge in [0.2, 0.25) is 5.91 Å². The molecule has 4 rings (SSSR count). The van der Waals surface area contributed by atoms with Gasteiger partial charge in [0.05, 0.1) is 11.1 Å². The molecule has 1 saturated carbocycles. The van der Waals surface area contributed by atoms with Crippen molar-refractivity contribution in [1.29, 1.82) is 0 Å². The second-order valence-electron chi connectivity index (χ2n) is 8.39. The van der Waals surface area contributed by atoms with Gasteiger partial charge in [-0.25, -0.2) is 4.98 Å². The van der Waals surface area contributed by atoms with Crippen molar-refractivity contribution in [3.05, 3.63) is 33.4 Å². The number of fused-ring (bicyclic) bond motifs is 3. The van der Waals surface area contributed by atoms with Gasteiger partial charge < -0.3 is 5.32 Å². The molecule has 1 amide bonds. The van der Waals surface area contributed by atoms with Crippen molar-refractivity contribution in [3.63, 3.8) is 0 Å². The van der Waals surface area contributed by atoms with Crippen molar-refractivity contribution in [1.82, 2.24) is 14.9 Å². The molecule has 2 aliphatic rings. The molecule has 2 heterocycles. The van der Waals surface area contributed by atoms with Crippen LogP contribution in [0.25, 0.3) is 10.2 Å². The van der Waals surface area contributed by atoms with E-state index in [1.807, 2.05) is 0 Å². The van der Waals surface area contributed by atoms with Crippen LogP contribution in [0.4, 0.5) is 0 Å². The van der Waals surface area contributed by atoms with Crippen LogP contribution in [-0.4, -0.2) is 27.3 Å². The number of carbonyl (C=O) groups excluding carboxylic acids is 1. The van der Waals surface area contributed by atoms with E-state index in [9.17, 15) is 9.59 Å². The highest BCUT2D eigenvalue weighted by molar-refractivity contribution is 7.99. The molecule has 0 saturated heterocycles. The predicted octanol–water partition coefficient (Wildman–Crippen LogP) is 4.84. The Morgan fingerprint density at radius 1 is 1.17 bits per heavy atom. The lowest BCUT2D eigenvalue weighted by atomic mass is 9.97. The summed E-state index contributed by atoms with van der Waals surface area (Å²) in [6, 6.07) is 0.285. The Labute approximate surface area is 186 Å². The number of amides is 1. The van der Waals surface area contributed by atoms with E-state index in [0.717, 1.165) is 42.3 Å². The number of aromatic nitrogens is 2. The molecule has 0 bridgehead atoms. The smallest absolute Gasteiger partial charge is 0.263 e. The summed E-state index contributed by atoms with van der Waals surface area (Å²) in [5.74, 6) is 0.326. The van der Waals surface area contributed by atoms with E-state index in [0.29, 0.717) is 11.7 Å². The summed E-state index contributed by atoms with van der Waals surface area (Å²) in [7, 11) is 0. The van der Waals surface area contributed by atoms with Gasteiger partial charge in [0.15, 0.2) is 5.16 Å². The van der Waals surface area contributed by atoms with Crippen LogP contribution in [0.5, 0.6) is 0 Å². The van der Waals surface area contributed by atoms with E-state index in [4.69, 9.17) is 4.98 Å². The van der Waals surface area contributed by atoms with Crippen LogP contribution < -0.4 is 10.9 Å². The summed E-state index contributed by atoms with van der Waals surface area (Å²) in [6.07, 6.45) is 14.4. The normalized spacial score (nSPS) is 17.9. The van der Waals surface area contributed by atoms with Crippen molar-refractivity contribution in [2.45, 2.75) is 88.4 Å². The van der Waals surface area contributed by atoms with Crippen LogP contribution in [0.1, 0.15) is 68.2 Å². The van der Waals surface area contributed by atoms with Crippen LogP contribution in [-0.2, 0) is 24.2 Å². The summed E-state index contributed by atoms with van der Waals surface area (Å²) in [6.45, 7) is 4.22. The highest BCUT2D eigenvalue weighted by Gasteiger charge is 2.22. The molecule has 1 fully saturated rings. The number of thiophene rings is 1. The number of nitrogens with one attached hydrogen (secondary N) is 1. The number of aryl methyl sites for hydroxylation is 2. The Balaban J connectivity index is 1.51. The fourth-order valence-corrected chi connectivity index (χ4v) is 6.74. The molecule has 7 heteroatoms. The molecule has 0 radical (unpaired) electrons. The fraction of sp³-hybridized carbons (Fsp3) is 0.609. The highest BCUT2D eigenvalue weighted by atomic mass is 32.2. The Kier molecular flexibility index (Phi) is 7.31.